The fraction of sp³-hybridized carbons (Fsp3) is 0.500. The van der Waals surface area contributed by atoms with Gasteiger partial charge in [-0.25, -0.2) is 12.7 Å². The van der Waals surface area contributed by atoms with Crippen molar-refractivity contribution in [3.8, 4) is 0 Å². The Balaban J connectivity index is 2.94. The molecule has 1 aromatic rings. The second-order valence-corrected chi connectivity index (χ2v) is 7.66. The van der Waals surface area contributed by atoms with Gasteiger partial charge in [0.15, 0.2) is 0 Å². The molecule has 0 heterocycles. The number of amides is 1. The molecule has 0 aliphatic rings. The molecule has 0 radical (unpaired) electrons. The summed E-state index contributed by atoms with van der Waals surface area (Å²) in [6.07, 6.45) is 0.417. The van der Waals surface area contributed by atoms with Crippen LogP contribution in [0.5, 0.6) is 0 Å². The minimum absolute atomic E-state index is 0.0424. The average molecular weight is 372 g/mol. The standard InChI is InChI=1S/C16H24N2O6S/c1-17(2)25(22,23)14-7-5-13(6-8-14)16(21)18(10-4-12-19)11-9-15(20)24-3/h5-8,19H,4,9-12H2,1-3H3. The number of hydrogen-bond donors (Lipinski definition) is 1. The molecule has 0 saturated carbocycles. The number of carbonyl (C=O) groups excluding carboxylic acids is 2. The van der Waals surface area contributed by atoms with Gasteiger partial charge in [-0.1, -0.05) is 0 Å². The first-order chi connectivity index (χ1) is 11.7. The fourth-order valence-corrected chi connectivity index (χ4v) is 2.97. The van der Waals surface area contributed by atoms with Gasteiger partial charge < -0.3 is 14.7 Å². The summed E-state index contributed by atoms with van der Waals surface area (Å²) in [5.41, 5.74) is 0.306. The maximum absolute atomic E-state index is 12.6. The van der Waals surface area contributed by atoms with Crippen LogP contribution in [0.2, 0.25) is 0 Å². The average Bonchev–Trinajstić information content (AvgIpc) is 2.60. The summed E-state index contributed by atoms with van der Waals surface area (Å²) >= 11 is 0. The Morgan fingerprint density at radius 3 is 2.20 bits per heavy atom. The lowest BCUT2D eigenvalue weighted by Crippen LogP contribution is -2.34. The predicted molar refractivity (Wildman–Crippen MR) is 91.6 cm³/mol. The maximum atomic E-state index is 12.6. The van der Waals surface area contributed by atoms with Gasteiger partial charge in [-0.05, 0) is 30.7 Å². The number of carbonyl (C=O) groups is 2. The van der Waals surface area contributed by atoms with Crippen molar-refractivity contribution in [1.82, 2.24) is 9.21 Å². The van der Waals surface area contributed by atoms with Crippen molar-refractivity contribution < 1.29 is 27.9 Å². The van der Waals surface area contributed by atoms with Crippen LogP contribution >= 0.6 is 0 Å². The molecule has 0 aliphatic carbocycles. The molecule has 0 saturated heterocycles. The zero-order valence-corrected chi connectivity index (χ0v) is 15.5. The molecule has 25 heavy (non-hydrogen) atoms. The fourth-order valence-electron chi connectivity index (χ4n) is 2.07. The maximum Gasteiger partial charge on any atom is 0.307 e. The largest absolute Gasteiger partial charge is 0.469 e. The van der Waals surface area contributed by atoms with Crippen LogP contribution in [0.4, 0.5) is 0 Å². The van der Waals surface area contributed by atoms with E-state index in [0.29, 0.717) is 12.0 Å². The first-order valence-corrected chi connectivity index (χ1v) is 9.17. The van der Waals surface area contributed by atoms with Gasteiger partial charge >= 0.3 is 5.97 Å². The van der Waals surface area contributed by atoms with Gasteiger partial charge in [0.05, 0.1) is 18.4 Å². The zero-order chi connectivity index (χ0) is 19.0. The summed E-state index contributed by atoms with van der Waals surface area (Å²) in [5, 5.41) is 8.97. The lowest BCUT2D eigenvalue weighted by atomic mass is 10.2. The highest BCUT2D eigenvalue weighted by atomic mass is 32.2. The second-order valence-electron chi connectivity index (χ2n) is 5.51. The topological polar surface area (TPSA) is 104 Å². The van der Waals surface area contributed by atoms with Crippen LogP contribution in [0.1, 0.15) is 23.2 Å². The second kappa shape index (κ2) is 9.50. The summed E-state index contributed by atoms with van der Waals surface area (Å²) < 4.78 is 29.8. The van der Waals surface area contributed by atoms with Gasteiger partial charge in [-0.15, -0.1) is 0 Å². The van der Waals surface area contributed by atoms with E-state index in [9.17, 15) is 18.0 Å². The predicted octanol–water partition coefficient (Wildman–Crippen LogP) is 0.325. The summed E-state index contributed by atoms with van der Waals surface area (Å²) in [4.78, 5) is 25.4. The van der Waals surface area contributed by atoms with Crippen LogP contribution in [0.3, 0.4) is 0 Å². The molecule has 0 fully saturated rings. The molecule has 140 valence electrons. The van der Waals surface area contributed by atoms with Crippen LogP contribution in [0, 0.1) is 0 Å². The normalized spacial score (nSPS) is 11.4. The van der Waals surface area contributed by atoms with E-state index < -0.39 is 16.0 Å². The highest BCUT2D eigenvalue weighted by Crippen LogP contribution is 2.15. The van der Waals surface area contributed by atoms with Gasteiger partial charge in [0.1, 0.15) is 0 Å². The number of rotatable bonds is 9. The Morgan fingerprint density at radius 2 is 1.72 bits per heavy atom. The third-order valence-electron chi connectivity index (χ3n) is 3.57. The van der Waals surface area contributed by atoms with E-state index in [1.807, 2.05) is 0 Å². The lowest BCUT2D eigenvalue weighted by Gasteiger charge is -2.22. The van der Waals surface area contributed by atoms with Crippen LogP contribution in [0.25, 0.3) is 0 Å². The molecule has 0 bridgehead atoms. The van der Waals surface area contributed by atoms with Crippen LogP contribution in [-0.2, 0) is 19.6 Å². The number of ether oxygens (including phenoxy) is 1. The van der Waals surface area contributed by atoms with Gasteiger partial charge in [0.25, 0.3) is 5.91 Å². The first-order valence-electron chi connectivity index (χ1n) is 7.73. The highest BCUT2D eigenvalue weighted by Gasteiger charge is 2.20. The molecule has 1 N–H and O–H groups in total. The number of aliphatic hydroxyl groups is 1. The van der Waals surface area contributed by atoms with E-state index in [4.69, 9.17) is 5.11 Å². The third-order valence-corrected chi connectivity index (χ3v) is 5.40. The number of esters is 1. The summed E-state index contributed by atoms with van der Waals surface area (Å²) in [6, 6.07) is 5.60. The summed E-state index contributed by atoms with van der Waals surface area (Å²) in [5.74, 6) is -0.777. The van der Waals surface area contributed by atoms with E-state index in [1.165, 1.54) is 50.4 Å². The van der Waals surface area contributed by atoms with Crippen molar-refractivity contribution in [3.63, 3.8) is 0 Å². The number of nitrogens with zero attached hydrogens (tertiary/aromatic N) is 2. The smallest absolute Gasteiger partial charge is 0.307 e. The molecule has 0 aromatic heterocycles. The molecule has 0 aliphatic heterocycles. The number of sulfonamides is 1. The number of benzene rings is 1. The molecule has 1 amide bonds. The minimum atomic E-state index is -3.56. The van der Waals surface area contributed by atoms with Gasteiger partial charge in [-0.2, -0.15) is 0 Å². The van der Waals surface area contributed by atoms with Crippen molar-refractivity contribution in [3.05, 3.63) is 29.8 Å². The molecule has 1 rings (SSSR count). The molecule has 8 nitrogen and oxygen atoms in total. The minimum Gasteiger partial charge on any atom is -0.469 e. The molecule has 0 atom stereocenters. The van der Waals surface area contributed by atoms with Crippen molar-refractivity contribution in [2.45, 2.75) is 17.7 Å². The Kier molecular flexibility index (Phi) is 8.01. The monoisotopic (exact) mass is 372 g/mol. The van der Waals surface area contributed by atoms with Crippen molar-refractivity contribution in [1.29, 1.82) is 0 Å². The van der Waals surface area contributed by atoms with Crippen molar-refractivity contribution >= 4 is 21.9 Å². The van der Waals surface area contributed by atoms with Crippen molar-refractivity contribution in [2.24, 2.45) is 0 Å². The first kappa shape index (κ1) is 21.1. The van der Waals surface area contributed by atoms with Gasteiger partial charge in [0, 0.05) is 39.4 Å². The zero-order valence-electron chi connectivity index (χ0n) is 14.6. The van der Waals surface area contributed by atoms with E-state index in [-0.39, 0.29) is 36.9 Å². The summed E-state index contributed by atoms with van der Waals surface area (Å²) in [7, 11) is 0.562. The van der Waals surface area contributed by atoms with Crippen molar-refractivity contribution in [2.75, 3.05) is 40.9 Å². The molecule has 0 unspecified atom stereocenters. The molecule has 9 heteroatoms. The molecule has 0 spiro atoms. The quantitative estimate of drug-likeness (QED) is 0.626. The highest BCUT2D eigenvalue weighted by molar-refractivity contribution is 7.89. The Morgan fingerprint density at radius 1 is 1.12 bits per heavy atom. The van der Waals surface area contributed by atoms with E-state index in [1.54, 1.807) is 0 Å². The lowest BCUT2D eigenvalue weighted by molar-refractivity contribution is -0.140. The van der Waals surface area contributed by atoms with Crippen LogP contribution < -0.4 is 0 Å². The van der Waals surface area contributed by atoms with E-state index in [2.05, 4.69) is 4.74 Å². The molecule has 1 aromatic carbocycles. The van der Waals surface area contributed by atoms with E-state index >= 15 is 0 Å². The molecular weight excluding hydrogens is 348 g/mol. The van der Waals surface area contributed by atoms with Crippen LogP contribution in [-0.4, -0.2) is 75.5 Å². The number of hydrogen-bond acceptors (Lipinski definition) is 6. The third kappa shape index (κ3) is 5.80. The van der Waals surface area contributed by atoms with Gasteiger partial charge in [0.2, 0.25) is 10.0 Å². The van der Waals surface area contributed by atoms with Gasteiger partial charge in [-0.3, -0.25) is 9.59 Å². The summed E-state index contributed by atoms with van der Waals surface area (Å²) in [6.45, 7) is 0.356. The number of methoxy groups -OCH3 is 1. The van der Waals surface area contributed by atoms with Crippen LogP contribution in [0.15, 0.2) is 29.2 Å². The number of aliphatic hydroxyl groups excluding tert-OH is 1. The molecular formula is C16H24N2O6S. The SMILES string of the molecule is COC(=O)CCN(CCCO)C(=O)c1ccc(S(=O)(=O)N(C)C)cc1. The Bertz CT molecular complexity index is 685. The Labute approximate surface area is 148 Å². The van der Waals surface area contributed by atoms with E-state index in [0.717, 1.165) is 4.31 Å². The Hall–Kier alpha value is -1.97.